The van der Waals surface area contributed by atoms with Crippen molar-refractivity contribution in [2.75, 3.05) is 25.2 Å². The average Bonchev–Trinajstić information content (AvgIpc) is 3.22. The molecule has 5 heteroatoms. The summed E-state index contributed by atoms with van der Waals surface area (Å²) in [6.07, 6.45) is 4.40. The molecule has 0 atom stereocenters. The van der Waals surface area contributed by atoms with Gasteiger partial charge in [-0.25, -0.2) is 4.98 Å². The van der Waals surface area contributed by atoms with Crippen molar-refractivity contribution in [3.05, 3.63) is 22.3 Å². The summed E-state index contributed by atoms with van der Waals surface area (Å²) in [6, 6.07) is 2.80. The van der Waals surface area contributed by atoms with Crippen LogP contribution in [0.3, 0.4) is 0 Å². The van der Waals surface area contributed by atoms with Gasteiger partial charge in [-0.15, -0.1) is 0 Å². The van der Waals surface area contributed by atoms with Crippen molar-refractivity contribution in [1.29, 1.82) is 0 Å². The highest BCUT2D eigenvalue weighted by Crippen LogP contribution is 2.33. The zero-order valence-electron chi connectivity index (χ0n) is 13.4. The van der Waals surface area contributed by atoms with Gasteiger partial charge in [-0.3, -0.25) is 0 Å². The second kappa shape index (κ2) is 7.07. The predicted octanol–water partition coefficient (Wildman–Crippen LogP) is 3.35. The molecule has 0 aromatic carbocycles. The number of nitrogens with zero attached hydrogens (tertiary/aromatic N) is 2. The Bertz CT molecular complexity index is 469. The molecule has 1 aromatic heterocycles. The molecule has 2 rings (SSSR count). The minimum absolute atomic E-state index is 0.0938. The molecule has 1 aliphatic carbocycles. The van der Waals surface area contributed by atoms with Crippen LogP contribution in [0.15, 0.2) is 16.7 Å². The first-order chi connectivity index (χ1) is 9.90. The summed E-state index contributed by atoms with van der Waals surface area (Å²) >= 11 is 3.54. The van der Waals surface area contributed by atoms with Crippen LogP contribution in [0.25, 0.3) is 0 Å². The molecule has 4 nitrogen and oxygen atoms in total. The first-order valence-corrected chi connectivity index (χ1v) is 8.35. The van der Waals surface area contributed by atoms with E-state index >= 15 is 0 Å². The molecule has 1 fully saturated rings. The maximum Gasteiger partial charge on any atom is 0.133 e. The van der Waals surface area contributed by atoms with E-state index < -0.39 is 0 Å². The molecule has 0 bridgehead atoms. The predicted molar refractivity (Wildman–Crippen MR) is 90.8 cm³/mol. The molecule has 0 saturated heterocycles. The third kappa shape index (κ3) is 5.24. The molecule has 0 aliphatic heterocycles. The van der Waals surface area contributed by atoms with Gasteiger partial charge >= 0.3 is 0 Å². The quantitative estimate of drug-likeness (QED) is 0.813. The van der Waals surface area contributed by atoms with Crippen molar-refractivity contribution in [3.63, 3.8) is 0 Å². The molecule has 21 heavy (non-hydrogen) atoms. The van der Waals surface area contributed by atoms with E-state index in [1.54, 1.807) is 7.11 Å². The molecule has 0 radical (unpaired) electrons. The zero-order chi connectivity index (χ0) is 15.5. The number of pyridine rings is 1. The van der Waals surface area contributed by atoms with E-state index in [1.807, 2.05) is 6.20 Å². The maximum atomic E-state index is 5.26. The summed E-state index contributed by atoms with van der Waals surface area (Å²) in [4.78, 5) is 7.08. The molecule has 1 heterocycles. The summed E-state index contributed by atoms with van der Waals surface area (Å²) in [6.45, 7) is 9.01. The van der Waals surface area contributed by atoms with Gasteiger partial charge in [0.05, 0.1) is 6.61 Å². The van der Waals surface area contributed by atoms with Gasteiger partial charge in [-0.05, 0) is 55.6 Å². The fraction of sp³-hybridized carbons (Fsp3) is 0.688. The SMILES string of the molecule is COCCN(c1ncc(Br)cc1CNC(C)(C)C)C1CC1. The van der Waals surface area contributed by atoms with Crippen molar-refractivity contribution < 1.29 is 4.74 Å². The van der Waals surface area contributed by atoms with Crippen LogP contribution in [0.2, 0.25) is 0 Å². The highest BCUT2D eigenvalue weighted by Gasteiger charge is 2.31. The Kier molecular flexibility index (Phi) is 5.63. The Hall–Kier alpha value is -0.650. The van der Waals surface area contributed by atoms with E-state index in [-0.39, 0.29) is 5.54 Å². The highest BCUT2D eigenvalue weighted by atomic mass is 79.9. The molecule has 1 aliphatic rings. The number of nitrogens with one attached hydrogen (secondary N) is 1. The number of hydrogen-bond donors (Lipinski definition) is 1. The zero-order valence-corrected chi connectivity index (χ0v) is 15.0. The Morgan fingerprint density at radius 2 is 2.14 bits per heavy atom. The normalized spacial score (nSPS) is 15.3. The fourth-order valence-corrected chi connectivity index (χ4v) is 2.64. The number of aromatic nitrogens is 1. The number of methoxy groups -OCH3 is 1. The number of ether oxygens (including phenoxy) is 1. The lowest BCUT2D eigenvalue weighted by Crippen LogP contribution is -2.36. The molecule has 118 valence electrons. The van der Waals surface area contributed by atoms with E-state index in [0.717, 1.165) is 30.0 Å². The first kappa shape index (κ1) is 16.7. The van der Waals surface area contributed by atoms with Crippen LogP contribution in [0, 0.1) is 0 Å². The molecule has 1 aromatic rings. The van der Waals surface area contributed by atoms with Crippen LogP contribution in [-0.2, 0) is 11.3 Å². The van der Waals surface area contributed by atoms with Crippen LogP contribution in [-0.4, -0.2) is 36.8 Å². The monoisotopic (exact) mass is 355 g/mol. The molecular weight excluding hydrogens is 330 g/mol. The van der Waals surface area contributed by atoms with Crippen molar-refractivity contribution in [1.82, 2.24) is 10.3 Å². The molecule has 0 spiro atoms. The molecule has 1 saturated carbocycles. The van der Waals surface area contributed by atoms with Crippen molar-refractivity contribution in [2.45, 2.75) is 51.7 Å². The minimum Gasteiger partial charge on any atom is -0.383 e. The lowest BCUT2D eigenvalue weighted by Gasteiger charge is -2.27. The second-order valence-electron chi connectivity index (χ2n) is 6.66. The van der Waals surface area contributed by atoms with Gasteiger partial charge in [0.1, 0.15) is 5.82 Å². The molecule has 1 N–H and O–H groups in total. The first-order valence-electron chi connectivity index (χ1n) is 7.56. The smallest absolute Gasteiger partial charge is 0.133 e. The van der Waals surface area contributed by atoms with Gasteiger partial charge in [0, 0.05) is 48.0 Å². The van der Waals surface area contributed by atoms with Gasteiger partial charge in [-0.1, -0.05) is 0 Å². The number of hydrogen-bond acceptors (Lipinski definition) is 4. The lowest BCUT2D eigenvalue weighted by molar-refractivity contribution is 0.204. The molecular formula is C16H26BrN3O. The topological polar surface area (TPSA) is 37.4 Å². The summed E-state index contributed by atoms with van der Waals surface area (Å²) in [5.41, 5.74) is 1.33. The van der Waals surface area contributed by atoms with E-state index in [4.69, 9.17) is 4.74 Å². The van der Waals surface area contributed by atoms with Crippen LogP contribution in [0.1, 0.15) is 39.2 Å². The third-order valence-corrected chi connectivity index (χ3v) is 3.95. The Labute approximate surface area is 136 Å². The van der Waals surface area contributed by atoms with E-state index in [9.17, 15) is 0 Å². The van der Waals surface area contributed by atoms with Crippen molar-refractivity contribution in [2.24, 2.45) is 0 Å². The second-order valence-corrected chi connectivity index (χ2v) is 7.57. The molecule has 0 amide bonds. The third-order valence-electron chi connectivity index (χ3n) is 3.51. The Morgan fingerprint density at radius 1 is 1.43 bits per heavy atom. The number of halogens is 1. The fourth-order valence-electron chi connectivity index (χ4n) is 2.26. The summed E-state index contributed by atoms with van der Waals surface area (Å²) in [7, 11) is 1.75. The summed E-state index contributed by atoms with van der Waals surface area (Å²) in [5, 5.41) is 3.56. The summed E-state index contributed by atoms with van der Waals surface area (Å²) < 4.78 is 6.28. The standard InChI is InChI=1S/C16H26BrN3O/c1-16(2,3)19-10-12-9-13(17)11-18-15(12)20(7-8-21-4)14-5-6-14/h9,11,14,19H,5-8,10H2,1-4H3. The highest BCUT2D eigenvalue weighted by molar-refractivity contribution is 9.10. The van der Waals surface area contributed by atoms with Gasteiger partial charge in [0.2, 0.25) is 0 Å². The van der Waals surface area contributed by atoms with Crippen LogP contribution >= 0.6 is 15.9 Å². The van der Waals surface area contributed by atoms with Crippen molar-refractivity contribution >= 4 is 21.7 Å². The van der Waals surface area contributed by atoms with Crippen LogP contribution < -0.4 is 10.2 Å². The van der Waals surface area contributed by atoms with Gasteiger partial charge < -0.3 is 15.0 Å². The van der Waals surface area contributed by atoms with Crippen LogP contribution in [0.4, 0.5) is 5.82 Å². The summed E-state index contributed by atoms with van der Waals surface area (Å²) in [5.74, 6) is 1.09. The van der Waals surface area contributed by atoms with Gasteiger partial charge in [0.15, 0.2) is 0 Å². The van der Waals surface area contributed by atoms with E-state index in [0.29, 0.717) is 6.04 Å². The maximum absolute atomic E-state index is 5.26. The van der Waals surface area contributed by atoms with E-state index in [1.165, 1.54) is 18.4 Å². The van der Waals surface area contributed by atoms with Gasteiger partial charge in [-0.2, -0.15) is 0 Å². The van der Waals surface area contributed by atoms with Crippen molar-refractivity contribution in [3.8, 4) is 0 Å². The van der Waals surface area contributed by atoms with E-state index in [2.05, 4.69) is 58.0 Å². The minimum atomic E-state index is 0.0938. The number of anilines is 1. The largest absolute Gasteiger partial charge is 0.383 e. The van der Waals surface area contributed by atoms with Crippen LogP contribution in [0.5, 0.6) is 0 Å². The average molecular weight is 356 g/mol. The Balaban J connectivity index is 2.19. The molecule has 0 unspecified atom stereocenters. The van der Waals surface area contributed by atoms with Gasteiger partial charge in [0.25, 0.3) is 0 Å². The Morgan fingerprint density at radius 3 is 2.71 bits per heavy atom. The number of rotatable bonds is 7. The lowest BCUT2D eigenvalue weighted by atomic mass is 10.1.